The maximum atomic E-state index is 13.4. The number of aliphatic carboxylic acids is 1. The topological polar surface area (TPSA) is 114 Å². The van der Waals surface area contributed by atoms with Gasteiger partial charge in [-0.1, -0.05) is 6.07 Å². The van der Waals surface area contributed by atoms with E-state index in [1.54, 1.807) is 12.1 Å². The molecule has 1 aromatic carbocycles. The number of allylic oxidation sites excluding steroid dienone is 4. The maximum Gasteiger partial charge on any atom is 0.306 e. The van der Waals surface area contributed by atoms with E-state index in [1.165, 1.54) is 36.1 Å². The van der Waals surface area contributed by atoms with Gasteiger partial charge in [0.2, 0.25) is 0 Å². The number of aromatic hydroxyl groups is 1. The molecule has 0 saturated heterocycles. The van der Waals surface area contributed by atoms with Crippen molar-refractivity contribution in [2.45, 2.75) is 31.7 Å². The fourth-order valence-electron chi connectivity index (χ4n) is 4.03. The van der Waals surface area contributed by atoms with Gasteiger partial charge in [-0.25, -0.2) is 4.68 Å². The number of phenolic OH excluding ortho intramolecular Hbond substituents is 1. The minimum Gasteiger partial charge on any atom is -0.507 e. The number of phenols is 1. The number of carboxylic acid groups (broad SMARTS) is 1. The van der Waals surface area contributed by atoms with Gasteiger partial charge in [0.1, 0.15) is 17.2 Å². The number of methoxy groups -OCH3 is 1. The number of hydrogen-bond donors (Lipinski definition) is 3. The Labute approximate surface area is 189 Å². The van der Waals surface area contributed by atoms with Crippen molar-refractivity contribution in [2.75, 3.05) is 7.11 Å². The van der Waals surface area contributed by atoms with Crippen molar-refractivity contribution in [3.8, 4) is 22.8 Å². The molecular formula is C24H22FN3O5. The van der Waals surface area contributed by atoms with Crippen molar-refractivity contribution in [1.82, 2.24) is 15.1 Å². The molecular weight excluding hydrogens is 429 g/mol. The van der Waals surface area contributed by atoms with E-state index in [1.807, 2.05) is 0 Å². The van der Waals surface area contributed by atoms with Gasteiger partial charge in [0.25, 0.3) is 5.91 Å². The second-order valence-corrected chi connectivity index (χ2v) is 7.86. The third-order valence-corrected chi connectivity index (χ3v) is 5.76. The van der Waals surface area contributed by atoms with Crippen LogP contribution in [0.25, 0.3) is 17.0 Å². The Kier molecular flexibility index (Phi) is 6.18. The highest BCUT2D eigenvalue weighted by Gasteiger charge is 2.28. The van der Waals surface area contributed by atoms with Gasteiger partial charge >= 0.3 is 5.97 Å². The first-order valence-corrected chi connectivity index (χ1v) is 10.5. The molecule has 3 N–H and O–H groups in total. The van der Waals surface area contributed by atoms with E-state index >= 15 is 0 Å². The largest absolute Gasteiger partial charge is 0.507 e. The highest BCUT2D eigenvalue weighted by atomic mass is 19.1. The molecule has 2 aliphatic rings. The summed E-state index contributed by atoms with van der Waals surface area (Å²) in [5.41, 5.74) is 6.06. The van der Waals surface area contributed by atoms with Gasteiger partial charge < -0.3 is 20.3 Å². The summed E-state index contributed by atoms with van der Waals surface area (Å²) in [6.07, 6.45) is 4.74. The maximum absolute atomic E-state index is 13.4. The number of hydrogen-bond acceptors (Lipinski definition) is 5. The fourth-order valence-corrected chi connectivity index (χ4v) is 4.03. The van der Waals surface area contributed by atoms with Gasteiger partial charge in [-0.3, -0.25) is 9.59 Å². The smallest absolute Gasteiger partial charge is 0.306 e. The number of aromatic nitrogens is 2. The van der Waals surface area contributed by atoms with Crippen LogP contribution >= 0.6 is 0 Å². The first kappa shape index (κ1) is 22.1. The van der Waals surface area contributed by atoms with Crippen molar-refractivity contribution >= 4 is 17.6 Å². The Hall–Kier alpha value is -4.06. The molecule has 0 bridgehead atoms. The summed E-state index contributed by atoms with van der Waals surface area (Å²) in [6.45, 7) is 0. The van der Waals surface area contributed by atoms with Crippen LogP contribution in [0.2, 0.25) is 0 Å². The molecule has 1 heterocycles. The van der Waals surface area contributed by atoms with E-state index < -0.39 is 17.7 Å². The number of nitrogens with one attached hydrogen (secondary N) is 1. The molecule has 1 amide bonds. The lowest BCUT2D eigenvalue weighted by Gasteiger charge is -2.26. The fraction of sp³-hybridized carbons (Fsp3) is 0.292. The number of nitrogens with zero attached hydrogens (tertiary/aromatic N) is 2. The summed E-state index contributed by atoms with van der Waals surface area (Å²) in [4.78, 5) is 24.1. The van der Waals surface area contributed by atoms with Crippen molar-refractivity contribution in [2.24, 2.45) is 5.92 Å². The van der Waals surface area contributed by atoms with Crippen molar-refractivity contribution in [3.05, 3.63) is 59.4 Å². The normalized spacial score (nSPS) is 19.6. The predicted molar refractivity (Wildman–Crippen MR) is 117 cm³/mol. The molecule has 33 heavy (non-hydrogen) atoms. The molecule has 9 heteroatoms. The van der Waals surface area contributed by atoms with E-state index in [4.69, 9.17) is 9.84 Å². The van der Waals surface area contributed by atoms with Gasteiger partial charge in [-0.05, 0) is 67.5 Å². The summed E-state index contributed by atoms with van der Waals surface area (Å²) in [5.74, 6) is -1.95. The van der Waals surface area contributed by atoms with E-state index in [9.17, 15) is 19.1 Å². The zero-order valence-electron chi connectivity index (χ0n) is 17.8. The third-order valence-electron chi connectivity index (χ3n) is 5.76. The molecule has 0 radical (unpaired) electrons. The van der Waals surface area contributed by atoms with Crippen LogP contribution < -0.4 is 10.1 Å². The lowest BCUT2D eigenvalue weighted by molar-refractivity contribution is -0.142. The standard InChI is InChI=1S/C24H22FN3O5/c1-33-21-4-2-3-20(29)22(21)19-13-18(27-28(19)17-11-7-15(25)8-12-17)23(30)26-16-9-5-14(6-10-16)24(31)32/h2-4,7,11,13-14,16,29H,5-6,9-10H2,1H3,(H,26,30)(H,31,32)/t14-,16-. The lowest BCUT2D eigenvalue weighted by atomic mass is 9.86. The number of amides is 1. The van der Waals surface area contributed by atoms with Crippen molar-refractivity contribution in [1.29, 1.82) is 0 Å². The highest BCUT2D eigenvalue weighted by Crippen LogP contribution is 2.39. The zero-order chi connectivity index (χ0) is 23.5. The summed E-state index contributed by atoms with van der Waals surface area (Å²) in [7, 11) is 1.46. The second-order valence-electron chi connectivity index (χ2n) is 7.86. The van der Waals surface area contributed by atoms with Crippen LogP contribution in [0, 0.1) is 5.92 Å². The zero-order valence-corrected chi connectivity index (χ0v) is 17.8. The molecule has 1 saturated carbocycles. The molecule has 1 aromatic heterocycles. The molecule has 170 valence electrons. The third kappa shape index (κ3) is 4.60. The van der Waals surface area contributed by atoms with Crippen molar-refractivity contribution < 1.29 is 28.9 Å². The molecule has 0 spiro atoms. The van der Waals surface area contributed by atoms with Gasteiger partial charge in [0.05, 0.1) is 24.3 Å². The molecule has 0 aliphatic heterocycles. The average molecular weight is 451 g/mol. The van der Waals surface area contributed by atoms with Crippen LogP contribution in [0.1, 0.15) is 36.2 Å². The summed E-state index contributed by atoms with van der Waals surface area (Å²) in [6, 6.07) is 6.11. The first-order valence-electron chi connectivity index (χ1n) is 10.5. The minimum absolute atomic E-state index is 0.0772. The van der Waals surface area contributed by atoms with Crippen LogP contribution in [0.4, 0.5) is 4.39 Å². The predicted octanol–water partition coefficient (Wildman–Crippen LogP) is 3.66. The second kappa shape index (κ2) is 9.20. The quantitative estimate of drug-likeness (QED) is 0.578. The Balaban J connectivity index is 1.69. The van der Waals surface area contributed by atoms with Crippen LogP contribution in [0.5, 0.6) is 11.5 Å². The van der Waals surface area contributed by atoms with E-state index in [-0.39, 0.29) is 23.4 Å². The summed E-state index contributed by atoms with van der Waals surface area (Å²) < 4.78 is 20.2. The Morgan fingerprint density at radius 3 is 2.61 bits per heavy atom. The van der Waals surface area contributed by atoms with Crippen LogP contribution in [-0.2, 0) is 4.79 Å². The number of halogens is 1. The lowest BCUT2D eigenvalue weighted by Crippen LogP contribution is -2.38. The summed E-state index contributed by atoms with van der Waals surface area (Å²) in [5, 5.41) is 27.0. The van der Waals surface area contributed by atoms with Gasteiger partial charge in [-0.2, -0.15) is 9.49 Å². The number of carbonyl (C=O) groups excluding carboxylic acids is 1. The van der Waals surface area contributed by atoms with E-state index in [2.05, 4.69) is 21.9 Å². The number of carbonyl (C=O) groups is 2. The number of ether oxygens (including phenoxy) is 1. The molecule has 1 fully saturated rings. The Bertz CT molecular complexity index is 1240. The molecule has 0 unspecified atom stereocenters. The van der Waals surface area contributed by atoms with Crippen LogP contribution in [0.3, 0.4) is 0 Å². The Morgan fingerprint density at radius 2 is 1.97 bits per heavy atom. The van der Waals surface area contributed by atoms with Gasteiger partial charge in [0.15, 0.2) is 11.5 Å². The summed E-state index contributed by atoms with van der Waals surface area (Å²) >= 11 is 0. The molecule has 4 rings (SSSR count). The molecule has 8 nitrogen and oxygen atoms in total. The average Bonchev–Trinajstić information content (AvgIpc) is 3.24. The Morgan fingerprint density at radius 1 is 1.21 bits per heavy atom. The SMILES string of the molecule is COc1cccc(O)c1-c1cc(C(=O)N[C@H]2CC[C@H](C(=O)O)CC2)nn1C1=C=C=C(F)C=C1. The molecule has 0 atom stereocenters. The van der Waals surface area contributed by atoms with E-state index in [0.29, 0.717) is 48.4 Å². The van der Waals surface area contributed by atoms with Gasteiger partial charge in [-0.15, -0.1) is 0 Å². The van der Waals surface area contributed by atoms with Crippen molar-refractivity contribution in [3.63, 3.8) is 0 Å². The van der Waals surface area contributed by atoms with E-state index in [0.717, 1.165) is 0 Å². The molecule has 2 aliphatic carbocycles. The highest BCUT2D eigenvalue weighted by molar-refractivity contribution is 5.95. The minimum atomic E-state index is -0.813. The number of benzene rings is 1. The molecule has 2 aromatic rings. The van der Waals surface area contributed by atoms with Gasteiger partial charge in [0, 0.05) is 6.04 Å². The number of rotatable bonds is 6. The monoisotopic (exact) mass is 451 g/mol. The van der Waals surface area contributed by atoms with Crippen LogP contribution in [0.15, 0.2) is 53.7 Å². The first-order chi connectivity index (χ1) is 15.9. The van der Waals surface area contributed by atoms with Crippen LogP contribution in [-0.4, -0.2) is 45.0 Å². The number of carboxylic acids is 1.